The van der Waals surface area contributed by atoms with Crippen molar-refractivity contribution in [3.8, 4) is 0 Å². The van der Waals surface area contributed by atoms with Crippen molar-refractivity contribution in [1.29, 1.82) is 0 Å². The topological polar surface area (TPSA) is 80.5 Å². The minimum absolute atomic E-state index is 0.0657. The van der Waals surface area contributed by atoms with E-state index in [9.17, 15) is 17.6 Å². The molecule has 122 valence electrons. The molecule has 2 N–H and O–H groups in total. The van der Waals surface area contributed by atoms with Crippen LogP contribution in [0.25, 0.3) is 0 Å². The maximum absolute atomic E-state index is 12.9. The first-order chi connectivity index (χ1) is 10.3. The van der Waals surface area contributed by atoms with Gasteiger partial charge in [0.25, 0.3) is 0 Å². The van der Waals surface area contributed by atoms with E-state index in [-0.39, 0.29) is 23.9 Å². The number of primary amides is 1. The standard InChI is InChI=1S/C15H21FN2O3S/c1-2-7-15(14(17)19)8-10-18(11-9-15)22(20,21)13-5-3-12(16)4-6-13/h3-6H,2,7-11H2,1H3,(H2,17,19). The molecule has 0 radical (unpaired) electrons. The zero-order chi connectivity index (χ0) is 16.4. The van der Waals surface area contributed by atoms with Crippen LogP contribution < -0.4 is 5.73 Å². The molecule has 1 fully saturated rings. The van der Waals surface area contributed by atoms with Crippen LogP contribution in [0.15, 0.2) is 29.2 Å². The van der Waals surface area contributed by atoms with Gasteiger partial charge in [0, 0.05) is 13.1 Å². The summed E-state index contributed by atoms with van der Waals surface area (Å²) in [5.41, 5.74) is 4.91. The van der Waals surface area contributed by atoms with Crippen LogP contribution in [0, 0.1) is 11.2 Å². The van der Waals surface area contributed by atoms with Gasteiger partial charge in [0.2, 0.25) is 15.9 Å². The van der Waals surface area contributed by atoms with Gasteiger partial charge in [-0.25, -0.2) is 12.8 Å². The average Bonchev–Trinajstić information content (AvgIpc) is 2.48. The maximum atomic E-state index is 12.9. The Hall–Kier alpha value is -1.47. The van der Waals surface area contributed by atoms with E-state index in [4.69, 9.17) is 5.73 Å². The second-order valence-corrected chi connectivity index (χ2v) is 7.69. The molecule has 1 heterocycles. The molecule has 1 saturated heterocycles. The van der Waals surface area contributed by atoms with Crippen LogP contribution in [0.1, 0.15) is 32.6 Å². The SMILES string of the molecule is CCCC1(C(N)=O)CCN(S(=O)(=O)c2ccc(F)cc2)CC1. The summed E-state index contributed by atoms with van der Waals surface area (Å²) >= 11 is 0. The highest BCUT2D eigenvalue weighted by Gasteiger charge is 2.41. The summed E-state index contributed by atoms with van der Waals surface area (Å²) < 4.78 is 39.3. The number of hydrogen-bond acceptors (Lipinski definition) is 3. The van der Waals surface area contributed by atoms with Gasteiger partial charge in [-0.1, -0.05) is 13.3 Å². The van der Waals surface area contributed by atoms with Gasteiger partial charge in [-0.05, 0) is 43.5 Å². The van der Waals surface area contributed by atoms with Crippen molar-refractivity contribution >= 4 is 15.9 Å². The Labute approximate surface area is 130 Å². The van der Waals surface area contributed by atoms with Gasteiger partial charge in [-0.3, -0.25) is 4.79 Å². The van der Waals surface area contributed by atoms with Gasteiger partial charge in [-0.2, -0.15) is 4.31 Å². The number of carbonyl (C=O) groups is 1. The van der Waals surface area contributed by atoms with Crippen molar-refractivity contribution in [2.24, 2.45) is 11.1 Å². The normalized spacial score (nSPS) is 19.0. The fourth-order valence-corrected chi connectivity index (χ4v) is 4.45. The summed E-state index contributed by atoms with van der Waals surface area (Å²) in [5, 5.41) is 0. The molecule has 0 atom stereocenters. The molecule has 1 aliphatic rings. The van der Waals surface area contributed by atoms with Crippen molar-refractivity contribution in [2.75, 3.05) is 13.1 Å². The van der Waals surface area contributed by atoms with Crippen LogP contribution in [0.5, 0.6) is 0 Å². The molecule has 0 saturated carbocycles. The third kappa shape index (κ3) is 3.15. The maximum Gasteiger partial charge on any atom is 0.243 e. The van der Waals surface area contributed by atoms with Crippen LogP contribution >= 0.6 is 0 Å². The molecular formula is C15H21FN2O3S. The molecule has 22 heavy (non-hydrogen) atoms. The summed E-state index contributed by atoms with van der Waals surface area (Å²) in [6.07, 6.45) is 2.35. The molecule has 5 nitrogen and oxygen atoms in total. The van der Waals surface area contributed by atoms with Crippen molar-refractivity contribution in [3.63, 3.8) is 0 Å². The highest BCUT2D eigenvalue weighted by atomic mass is 32.2. The fraction of sp³-hybridized carbons (Fsp3) is 0.533. The number of benzene rings is 1. The third-order valence-electron chi connectivity index (χ3n) is 4.38. The Morgan fingerprint density at radius 1 is 1.27 bits per heavy atom. The van der Waals surface area contributed by atoms with E-state index >= 15 is 0 Å². The van der Waals surface area contributed by atoms with Gasteiger partial charge in [0.05, 0.1) is 10.3 Å². The molecule has 1 aromatic carbocycles. The summed E-state index contributed by atoms with van der Waals surface area (Å²) in [6, 6.07) is 4.77. The molecule has 2 rings (SSSR count). The van der Waals surface area contributed by atoms with Gasteiger partial charge in [0.15, 0.2) is 0 Å². The first-order valence-electron chi connectivity index (χ1n) is 7.37. The van der Waals surface area contributed by atoms with Crippen molar-refractivity contribution in [1.82, 2.24) is 4.31 Å². The predicted octanol–water partition coefficient (Wildman–Crippen LogP) is 1.88. The minimum atomic E-state index is -3.66. The number of nitrogens with two attached hydrogens (primary N) is 1. The molecule has 1 aliphatic heterocycles. The number of piperidine rings is 1. The Morgan fingerprint density at radius 2 is 1.82 bits per heavy atom. The smallest absolute Gasteiger partial charge is 0.243 e. The van der Waals surface area contributed by atoms with Gasteiger partial charge >= 0.3 is 0 Å². The molecule has 7 heteroatoms. The van der Waals surface area contributed by atoms with E-state index in [1.54, 1.807) is 0 Å². The molecule has 0 spiro atoms. The Kier molecular flexibility index (Phi) is 4.87. The summed E-state index contributed by atoms with van der Waals surface area (Å²) in [4.78, 5) is 11.8. The number of sulfonamides is 1. The first kappa shape index (κ1) is 16.9. The average molecular weight is 328 g/mol. The Bertz CT molecular complexity index is 635. The lowest BCUT2D eigenvalue weighted by Crippen LogP contribution is -2.48. The molecule has 0 aliphatic carbocycles. The van der Waals surface area contributed by atoms with Gasteiger partial charge < -0.3 is 5.73 Å². The Balaban J connectivity index is 2.16. The molecular weight excluding hydrogens is 307 g/mol. The zero-order valence-electron chi connectivity index (χ0n) is 12.6. The highest BCUT2D eigenvalue weighted by molar-refractivity contribution is 7.89. The fourth-order valence-electron chi connectivity index (χ4n) is 3.01. The van der Waals surface area contributed by atoms with Gasteiger partial charge in [0.1, 0.15) is 5.82 Å². The highest BCUT2D eigenvalue weighted by Crippen LogP contribution is 2.37. The first-order valence-corrected chi connectivity index (χ1v) is 8.81. The van der Waals surface area contributed by atoms with Crippen molar-refractivity contribution in [3.05, 3.63) is 30.1 Å². The van der Waals surface area contributed by atoms with Crippen LogP contribution in [-0.4, -0.2) is 31.7 Å². The quantitative estimate of drug-likeness (QED) is 0.896. The lowest BCUT2D eigenvalue weighted by molar-refractivity contribution is -0.130. The zero-order valence-corrected chi connectivity index (χ0v) is 13.4. The monoisotopic (exact) mass is 328 g/mol. The number of nitrogens with zero attached hydrogens (tertiary/aromatic N) is 1. The molecule has 0 aromatic heterocycles. The second kappa shape index (κ2) is 6.34. The molecule has 0 unspecified atom stereocenters. The largest absolute Gasteiger partial charge is 0.369 e. The number of carbonyl (C=O) groups excluding carboxylic acids is 1. The van der Waals surface area contributed by atoms with Crippen molar-refractivity contribution < 1.29 is 17.6 Å². The number of rotatable bonds is 5. The lowest BCUT2D eigenvalue weighted by atomic mass is 9.75. The van der Waals surface area contributed by atoms with Gasteiger partial charge in [-0.15, -0.1) is 0 Å². The molecule has 1 amide bonds. The summed E-state index contributed by atoms with van der Waals surface area (Å²) in [5.74, 6) is -0.832. The minimum Gasteiger partial charge on any atom is -0.369 e. The van der Waals surface area contributed by atoms with E-state index in [1.165, 1.54) is 16.4 Å². The predicted molar refractivity (Wildman–Crippen MR) is 80.9 cm³/mol. The Morgan fingerprint density at radius 3 is 2.27 bits per heavy atom. The lowest BCUT2D eigenvalue weighted by Gasteiger charge is -2.39. The molecule has 0 bridgehead atoms. The summed E-state index contributed by atoms with van der Waals surface area (Å²) in [6.45, 7) is 2.48. The third-order valence-corrected chi connectivity index (χ3v) is 6.30. The summed E-state index contributed by atoms with van der Waals surface area (Å²) in [7, 11) is -3.66. The van der Waals surface area contributed by atoms with E-state index in [0.717, 1.165) is 18.6 Å². The van der Waals surface area contributed by atoms with Crippen LogP contribution in [0.2, 0.25) is 0 Å². The van der Waals surface area contributed by atoms with Crippen LogP contribution in [0.3, 0.4) is 0 Å². The van der Waals surface area contributed by atoms with Crippen LogP contribution in [-0.2, 0) is 14.8 Å². The number of amides is 1. The molecule has 1 aromatic rings. The van der Waals surface area contributed by atoms with E-state index < -0.39 is 21.3 Å². The van der Waals surface area contributed by atoms with Crippen LogP contribution in [0.4, 0.5) is 4.39 Å². The van der Waals surface area contributed by atoms with E-state index in [0.29, 0.717) is 19.3 Å². The van der Waals surface area contributed by atoms with Crippen molar-refractivity contribution in [2.45, 2.75) is 37.5 Å². The number of halogens is 1. The van der Waals surface area contributed by atoms with E-state index in [1.807, 2.05) is 6.92 Å². The second-order valence-electron chi connectivity index (χ2n) is 5.75. The number of hydrogen-bond donors (Lipinski definition) is 1. The van der Waals surface area contributed by atoms with E-state index in [2.05, 4.69) is 0 Å².